The summed E-state index contributed by atoms with van der Waals surface area (Å²) >= 11 is 0. The van der Waals surface area contributed by atoms with Crippen LogP contribution in [0.1, 0.15) is 25.7 Å². The van der Waals surface area contributed by atoms with Gasteiger partial charge < -0.3 is 9.47 Å². The third-order valence-electron chi connectivity index (χ3n) is 2.57. The van der Waals surface area contributed by atoms with E-state index < -0.39 is 0 Å². The van der Waals surface area contributed by atoms with Gasteiger partial charge >= 0.3 is 0 Å². The van der Waals surface area contributed by atoms with Crippen LogP contribution in [0.4, 0.5) is 0 Å². The summed E-state index contributed by atoms with van der Waals surface area (Å²) in [5.74, 6) is 0. The Hall–Kier alpha value is 0.137. The van der Waals surface area contributed by atoms with E-state index in [2.05, 4.69) is 0 Å². The second-order valence-corrected chi connectivity index (χ2v) is 5.80. The molecule has 0 radical (unpaired) electrons. The fourth-order valence-electron chi connectivity index (χ4n) is 1.95. The van der Waals surface area contributed by atoms with E-state index >= 15 is 0 Å². The van der Waals surface area contributed by atoms with E-state index in [1.54, 1.807) is 0 Å². The Morgan fingerprint density at radius 2 is 1.45 bits per heavy atom. The van der Waals surface area contributed by atoms with Crippen molar-refractivity contribution < 1.29 is 9.47 Å². The zero-order valence-corrected chi connectivity index (χ0v) is 8.34. The van der Waals surface area contributed by atoms with Gasteiger partial charge in [0.2, 0.25) is 0 Å². The van der Waals surface area contributed by atoms with Gasteiger partial charge in [0.05, 0.1) is 9.52 Å². The van der Waals surface area contributed by atoms with Crippen molar-refractivity contribution in [3.05, 3.63) is 0 Å². The SMILES string of the molecule is C1COC([SiH2]C2CCCO2)C1. The van der Waals surface area contributed by atoms with Gasteiger partial charge in [-0.1, -0.05) is 0 Å². The van der Waals surface area contributed by atoms with E-state index in [-0.39, 0.29) is 9.52 Å². The second kappa shape index (κ2) is 3.69. The lowest BCUT2D eigenvalue weighted by Crippen LogP contribution is -2.27. The number of rotatable bonds is 2. The highest BCUT2D eigenvalue weighted by Crippen LogP contribution is 2.17. The van der Waals surface area contributed by atoms with Gasteiger partial charge in [-0.3, -0.25) is 0 Å². The molecule has 2 atom stereocenters. The summed E-state index contributed by atoms with van der Waals surface area (Å²) in [5, 5.41) is 0. The van der Waals surface area contributed by atoms with Crippen molar-refractivity contribution in [3.63, 3.8) is 0 Å². The normalized spacial score (nSPS) is 39.3. The minimum Gasteiger partial charge on any atom is -0.382 e. The van der Waals surface area contributed by atoms with Gasteiger partial charge in [-0.05, 0) is 25.7 Å². The van der Waals surface area contributed by atoms with Gasteiger partial charge in [0.25, 0.3) is 0 Å². The molecule has 0 amide bonds. The molecular weight excluding hydrogens is 156 g/mol. The van der Waals surface area contributed by atoms with Crippen molar-refractivity contribution in [3.8, 4) is 0 Å². The lowest BCUT2D eigenvalue weighted by atomic mass is 10.4. The molecule has 0 saturated carbocycles. The molecule has 2 saturated heterocycles. The highest BCUT2D eigenvalue weighted by atomic mass is 28.2. The molecule has 2 rings (SSSR count). The molecule has 2 heterocycles. The number of hydrogen-bond donors (Lipinski definition) is 0. The van der Waals surface area contributed by atoms with Crippen molar-refractivity contribution in [2.45, 2.75) is 37.1 Å². The van der Waals surface area contributed by atoms with Crippen LogP contribution in [0.5, 0.6) is 0 Å². The van der Waals surface area contributed by atoms with Crippen LogP contribution in [-0.2, 0) is 9.47 Å². The fourth-order valence-corrected chi connectivity index (χ4v) is 4.19. The van der Waals surface area contributed by atoms with Crippen molar-refractivity contribution in [1.29, 1.82) is 0 Å². The van der Waals surface area contributed by atoms with Crippen molar-refractivity contribution >= 4 is 9.52 Å². The lowest BCUT2D eigenvalue weighted by molar-refractivity contribution is 0.138. The molecule has 0 bridgehead atoms. The van der Waals surface area contributed by atoms with Crippen molar-refractivity contribution in [1.82, 2.24) is 0 Å². The Balaban J connectivity index is 1.71. The van der Waals surface area contributed by atoms with Gasteiger partial charge in [-0.15, -0.1) is 0 Å². The van der Waals surface area contributed by atoms with Crippen LogP contribution in [0.25, 0.3) is 0 Å². The van der Waals surface area contributed by atoms with Crippen LogP contribution in [0.15, 0.2) is 0 Å². The smallest absolute Gasteiger partial charge is 0.0899 e. The molecule has 2 aliphatic rings. The predicted octanol–water partition coefficient (Wildman–Crippen LogP) is 0.428. The van der Waals surface area contributed by atoms with Gasteiger partial charge in [0, 0.05) is 24.7 Å². The maximum atomic E-state index is 5.60. The zero-order chi connectivity index (χ0) is 7.52. The van der Waals surface area contributed by atoms with Gasteiger partial charge in [-0.25, -0.2) is 0 Å². The first-order valence-electron chi connectivity index (χ1n) is 4.68. The second-order valence-electron chi connectivity index (χ2n) is 3.51. The van der Waals surface area contributed by atoms with E-state index in [0.29, 0.717) is 11.5 Å². The summed E-state index contributed by atoms with van der Waals surface area (Å²) in [6.45, 7) is 2.01. The zero-order valence-electron chi connectivity index (χ0n) is 6.92. The summed E-state index contributed by atoms with van der Waals surface area (Å²) in [7, 11) is -0.0802. The predicted molar refractivity (Wildman–Crippen MR) is 46.5 cm³/mol. The van der Waals surface area contributed by atoms with E-state index in [1.807, 2.05) is 0 Å². The topological polar surface area (TPSA) is 18.5 Å². The molecule has 2 aliphatic heterocycles. The summed E-state index contributed by atoms with van der Waals surface area (Å²) in [5.41, 5.74) is 1.30. The Morgan fingerprint density at radius 1 is 0.909 bits per heavy atom. The van der Waals surface area contributed by atoms with Crippen LogP contribution < -0.4 is 0 Å². The van der Waals surface area contributed by atoms with Crippen LogP contribution >= 0.6 is 0 Å². The van der Waals surface area contributed by atoms with Gasteiger partial charge in [-0.2, -0.15) is 0 Å². The molecule has 0 aromatic carbocycles. The van der Waals surface area contributed by atoms with Crippen LogP contribution in [0.2, 0.25) is 0 Å². The minimum atomic E-state index is -0.0802. The quantitative estimate of drug-likeness (QED) is 0.562. The standard InChI is InChI=1S/C8H16O2Si/c1-3-7(9-5-1)11-8-4-2-6-10-8/h7-8H,1-6,11H2. The van der Waals surface area contributed by atoms with E-state index in [1.165, 1.54) is 25.7 Å². The first-order chi connectivity index (χ1) is 5.45. The Kier molecular flexibility index (Phi) is 2.61. The molecule has 2 fully saturated rings. The summed E-state index contributed by atoms with van der Waals surface area (Å²) < 4.78 is 11.2. The van der Waals surface area contributed by atoms with Gasteiger partial charge in [0.1, 0.15) is 0 Å². The highest BCUT2D eigenvalue weighted by Gasteiger charge is 2.24. The Morgan fingerprint density at radius 3 is 1.82 bits per heavy atom. The molecule has 0 N–H and O–H groups in total. The Bertz CT molecular complexity index is 103. The molecular formula is C8H16O2Si. The molecule has 0 spiro atoms. The first kappa shape index (κ1) is 7.77. The highest BCUT2D eigenvalue weighted by molar-refractivity contribution is 6.39. The molecule has 0 aromatic heterocycles. The summed E-state index contributed by atoms with van der Waals surface area (Å²) in [4.78, 5) is 0. The Labute approximate surface area is 70.1 Å². The van der Waals surface area contributed by atoms with Crippen LogP contribution in [0.3, 0.4) is 0 Å². The molecule has 2 nitrogen and oxygen atoms in total. The molecule has 0 aliphatic carbocycles. The molecule has 0 aromatic rings. The molecule has 11 heavy (non-hydrogen) atoms. The summed E-state index contributed by atoms with van der Waals surface area (Å²) in [6, 6.07) is 0. The number of ether oxygens (including phenoxy) is 2. The van der Waals surface area contributed by atoms with E-state index in [0.717, 1.165) is 13.2 Å². The maximum Gasteiger partial charge on any atom is 0.0899 e. The van der Waals surface area contributed by atoms with Crippen LogP contribution in [-0.4, -0.2) is 34.2 Å². The summed E-state index contributed by atoms with van der Waals surface area (Å²) in [6.07, 6.45) is 5.19. The van der Waals surface area contributed by atoms with E-state index in [9.17, 15) is 0 Å². The van der Waals surface area contributed by atoms with Crippen molar-refractivity contribution in [2.24, 2.45) is 0 Å². The molecule has 64 valence electrons. The molecule has 3 heteroatoms. The van der Waals surface area contributed by atoms with Gasteiger partial charge in [0.15, 0.2) is 0 Å². The first-order valence-corrected chi connectivity index (χ1v) is 6.31. The minimum absolute atomic E-state index is 0.0802. The lowest BCUT2D eigenvalue weighted by Gasteiger charge is -2.13. The van der Waals surface area contributed by atoms with Crippen molar-refractivity contribution in [2.75, 3.05) is 13.2 Å². The fraction of sp³-hybridized carbons (Fsp3) is 1.00. The van der Waals surface area contributed by atoms with Crippen LogP contribution in [0, 0.1) is 0 Å². The molecule has 2 unspecified atom stereocenters. The maximum absolute atomic E-state index is 5.60. The largest absolute Gasteiger partial charge is 0.382 e. The third-order valence-corrected chi connectivity index (χ3v) is 4.91. The number of hydrogen-bond acceptors (Lipinski definition) is 2. The third kappa shape index (κ3) is 2.04. The monoisotopic (exact) mass is 172 g/mol. The average molecular weight is 172 g/mol. The van der Waals surface area contributed by atoms with E-state index in [4.69, 9.17) is 9.47 Å². The average Bonchev–Trinajstić information content (AvgIpc) is 2.60.